The molecule has 0 bridgehead atoms. The van der Waals surface area contributed by atoms with Crippen LogP contribution in [0.2, 0.25) is 0 Å². The van der Waals surface area contributed by atoms with Crippen molar-refractivity contribution in [3.8, 4) is 0 Å². The largest absolute Gasteiger partial charge is 0.341 e. The molecule has 46 heavy (non-hydrogen) atoms. The van der Waals surface area contributed by atoms with Gasteiger partial charge in [-0.1, -0.05) is 38.1 Å². The summed E-state index contributed by atoms with van der Waals surface area (Å²) in [5.41, 5.74) is -1.69. The molecular formula is C29H40N6O8S3. The topological polar surface area (TPSA) is 209 Å². The number of likely N-dealkylation sites (N-methyl/N-ethyl adjacent to an activating group) is 1. The van der Waals surface area contributed by atoms with Gasteiger partial charge in [0.1, 0.15) is 22.2 Å². The van der Waals surface area contributed by atoms with Gasteiger partial charge in [0.2, 0.25) is 20.0 Å². The van der Waals surface area contributed by atoms with Crippen molar-refractivity contribution < 1.29 is 34.8 Å². The SMILES string of the molecule is CNCC(C)NCCS(=O)(=O)NC1(CCC(C)C)C(=O)C(C2=NS(=O)(=O)c3cc(NS(C)(=O)=O)ccc3N2)C(=O)c2ccccc21. The van der Waals surface area contributed by atoms with E-state index in [1.165, 1.54) is 24.3 Å². The summed E-state index contributed by atoms with van der Waals surface area (Å²) < 4.78 is 86.0. The summed E-state index contributed by atoms with van der Waals surface area (Å²) >= 11 is 0. The van der Waals surface area contributed by atoms with Crippen molar-refractivity contribution in [1.29, 1.82) is 0 Å². The van der Waals surface area contributed by atoms with Crippen molar-refractivity contribution in [2.45, 2.75) is 50.1 Å². The molecule has 0 radical (unpaired) electrons. The average molecular weight is 697 g/mol. The van der Waals surface area contributed by atoms with Crippen molar-refractivity contribution in [3.05, 3.63) is 53.6 Å². The highest BCUT2D eigenvalue weighted by Gasteiger charge is 2.55. The molecule has 0 fully saturated rings. The number of sulfonamides is 3. The van der Waals surface area contributed by atoms with Crippen molar-refractivity contribution >= 4 is 58.8 Å². The molecule has 1 heterocycles. The fourth-order valence-electron chi connectivity index (χ4n) is 5.61. The lowest BCUT2D eigenvalue weighted by atomic mass is 9.67. The average Bonchev–Trinajstić information content (AvgIpc) is 2.94. The minimum absolute atomic E-state index is 0.00421. The van der Waals surface area contributed by atoms with Gasteiger partial charge in [-0.3, -0.25) is 14.3 Å². The molecule has 2 aromatic rings. The molecule has 5 N–H and O–H groups in total. The van der Waals surface area contributed by atoms with Gasteiger partial charge in [-0.15, -0.1) is 4.40 Å². The quantitative estimate of drug-likeness (QED) is 0.178. The predicted octanol–water partition coefficient (Wildman–Crippen LogP) is 1.40. The van der Waals surface area contributed by atoms with Crippen molar-refractivity contribution in [2.75, 3.05) is 42.2 Å². The Hall–Kier alpha value is -3.22. The molecule has 1 aliphatic heterocycles. The number of nitrogens with zero attached hydrogens (tertiary/aromatic N) is 1. The zero-order valence-corrected chi connectivity index (χ0v) is 28.7. The summed E-state index contributed by atoms with van der Waals surface area (Å²) in [5.74, 6) is -4.15. The maximum atomic E-state index is 14.6. The van der Waals surface area contributed by atoms with Gasteiger partial charge in [0.25, 0.3) is 10.0 Å². The fourth-order valence-corrected chi connectivity index (χ4v) is 8.68. The Morgan fingerprint density at radius 2 is 1.74 bits per heavy atom. The standard InChI is InChI=1S/C29H40N6O8S3/c1-18(2)12-13-29(35-45(40,41)15-14-31-19(3)17-30-4)22-9-7-6-8-21(22)26(36)25(27(29)37)28-32-23-11-10-20(33-44(5,38)39)16-24(23)46(42,43)34-28/h6-11,16,18-19,25,30-31,33,35H,12-15,17H2,1-5H3,(H,32,34). The smallest absolute Gasteiger partial charge is 0.286 e. The summed E-state index contributed by atoms with van der Waals surface area (Å²) in [6.45, 7) is 6.43. The first-order chi connectivity index (χ1) is 21.4. The summed E-state index contributed by atoms with van der Waals surface area (Å²) in [4.78, 5) is 28.2. The van der Waals surface area contributed by atoms with Crippen LogP contribution in [-0.2, 0) is 40.4 Å². The molecule has 0 aromatic heterocycles. The van der Waals surface area contributed by atoms with Crippen LogP contribution in [0.15, 0.2) is 51.8 Å². The number of fused-ring (bicyclic) bond motifs is 2. The van der Waals surface area contributed by atoms with Crippen molar-refractivity contribution in [3.63, 3.8) is 0 Å². The predicted molar refractivity (Wildman–Crippen MR) is 176 cm³/mol. The number of ketones is 2. The Labute approximate surface area is 270 Å². The number of rotatable bonds is 14. The van der Waals surface area contributed by atoms with Crippen LogP contribution in [0.1, 0.15) is 49.5 Å². The molecule has 3 unspecified atom stereocenters. The molecule has 3 atom stereocenters. The highest BCUT2D eigenvalue weighted by molar-refractivity contribution is 7.92. The van der Waals surface area contributed by atoms with Gasteiger partial charge in [-0.2, -0.15) is 13.1 Å². The number of hydrogen-bond donors (Lipinski definition) is 5. The summed E-state index contributed by atoms with van der Waals surface area (Å²) in [6, 6.07) is 9.87. The maximum Gasteiger partial charge on any atom is 0.286 e. The van der Waals surface area contributed by atoms with Crippen LogP contribution in [0.3, 0.4) is 0 Å². The van der Waals surface area contributed by atoms with Crippen molar-refractivity contribution in [1.82, 2.24) is 15.4 Å². The fraction of sp³-hybridized carbons (Fsp3) is 0.483. The molecule has 0 saturated heterocycles. The van der Waals surface area contributed by atoms with Gasteiger partial charge >= 0.3 is 0 Å². The van der Waals surface area contributed by atoms with E-state index in [-0.39, 0.29) is 58.1 Å². The number of hydrogen-bond acceptors (Lipinski definition) is 11. The van der Waals surface area contributed by atoms with Gasteiger partial charge in [0.15, 0.2) is 11.6 Å². The molecule has 0 spiro atoms. The third-order valence-corrected chi connectivity index (χ3v) is 11.1. The lowest BCUT2D eigenvalue weighted by Crippen LogP contribution is -2.61. The van der Waals surface area contributed by atoms with Crippen molar-refractivity contribution in [2.24, 2.45) is 16.2 Å². The number of benzene rings is 2. The first kappa shape index (κ1) is 35.6. The third kappa shape index (κ3) is 7.83. The van der Waals surface area contributed by atoms with Crippen LogP contribution in [0, 0.1) is 11.8 Å². The first-order valence-corrected chi connectivity index (χ1v) is 19.7. The van der Waals surface area contributed by atoms with E-state index in [1.807, 2.05) is 20.8 Å². The van der Waals surface area contributed by atoms with Gasteiger partial charge in [0, 0.05) is 30.4 Å². The van der Waals surface area contributed by atoms with Crippen LogP contribution in [0.4, 0.5) is 11.4 Å². The lowest BCUT2D eigenvalue weighted by molar-refractivity contribution is -0.126. The Morgan fingerprint density at radius 3 is 2.39 bits per heavy atom. The number of carbonyl (C=O) groups excluding carboxylic acids is 2. The second kappa shape index (κ2) is 13.5. The van der Waals surface area contributed by atoms with E-state index in [2.05, 4.69) is 29.8 Å². The maximum absolute atomic E-state index is 14.6. The van der Waals surface area contributed by atoms with Crippen LogP contribution < -0.4 is 25.4 Å². The Morgan fingerprint density at radius 1 is 1.04 bits per heavy atom. The number of anilines is 2. The molecular weight excluding hydrogens is 657 g/mol. The Balaban J connectivity index is 1.80. The lowest BCUT2D eigenvalue weighted by Gasteiger charge is -2.41. The molecule has 2 aromatic carbocycles. The highest BCUT2D eigenvalue weighted by Crippen LogP contribution is 2.42. The second-order valence-electron chi connectivity index (χ2n) is 12.0. The number of nitrogens with one attached hydrogen (secondary N) is 5. The number of Topliss-reactive ketones (excluding diaryl/α,β-unsaturated/α-hetero) is 2. The Bertz CT molecular complexity index is 1880. The number of carbonyl (C=O) groups is 2. The molecule has 252 valence electrons. The summed E-state index contributed by atoms with van der Waals surface area (Å²) in [5, 5.41) is 8.91. The molecule has 4 rings (SSSR count). The van der Waals surface area contributed by atoms with E-state index >= 15 is 0 Å². The van der Waals surface area contributed by atoms with Crippen LogP contribution in [0.25, 0.3) is 0 Å². The van der Waals surface area contributed by atoms with E-state index in [1.54, 1.807) is 19.2 Å². The van der Waals surface area contributed by atoms with Gasteiger partial charge in [-0.25, -0.2) is 16.8 Å². The minimum atomic E-state index is -4.53. The molecule has 1 aliphatic carbocycles. The van der Waals surface area contributed by atoms with Crippen LogP contribution in [-0.4, -0.2) is 80.8 Å². The summed E-state index contributed by atoms with van der Waals surface area (Å²) in [6.07, 6.45) is 1.32. The second-order valence-corrected chi connectivity index (χ2v) is 17.2. The zero-order chi connectivity index (χ0) is 34.1. The van der Waals surface area contributed by atoms with Crippen LogP contribution in [0.5, 0.6) is 0 Å². The van der Waals surface area contributed by atoms with Gasteiger partial charge < -0.3 is 16.0 Å². The number of amidine groups is 1. The monoisotopic (exact) mass is 696 g/mol. The van der Waals surface area contributed by atoms with E-state index in [9.17, 15) is 34.8 Å². The third-order valence-electron chi connectivity index (χ3n) is 7.72. The summed E-state index contributed by atoms with van der Waals surface area (Å²) in [7, 11) is -10.6. The van der Waals surface area contributed by atoms with E-state index in [0.29, 0.717) is 13.0 Å². The molecule has 17 heteroatoms. The molecule has 0 amide bonds. The van der Waals surface area contributed by atoms with Crippen LogP contribution >= 0.6 is 0 Å². The van der Waals surface area contributed by atoms with Gasteiger partial charge in [0.05, 0.1) is 17.7 Å². The van der Waals surface area contributed by atoms with Gasteiger partial charge in [-0.05, 0) is 56.5 Å². The highest BCUT2D eigenvalue weighted by atomic mass is 32.2. The molecule has 0 saturated carbocycles. The molecule has 14 nitrogen and oxygen atoms in total. The zero-order valence-electron chi connectivity index (χ0n) is 26.2. The first-order valence-electron chi connectivity index (χ1n) is 14.7. The van der Waals surface area contributed by atoms with E-state index < -0.39 is 58.9 Å². The Kier molecular flexibility index (Phi) is 10.4. The normalized spacial score (nSPS) is 21.6. The minimum Gasteiger partial charge on any atom is -0.341 e. The van der Waals surface area contributed by atoms with E-state index in [4.69, 9.17) is 0 Å². The van der Waals surface area contributed by atoms with E-state index in [0.717, 1.165) is 12.3 Å². The molecule has 2 aliphatic rings.